The minimum absolute atomic E-state index is 0.0276. The largest absolute Gasteiger partial charge is 0.467 e. The molecule has 144 valence electrons. The van der Waals surface area contributed by atoms with Gasteiger partial charge >= 0.3 is 0 Å². The second-order valence-electron chi connectivity index (χ2n) is 7.16. The van der Waals surface area contributed by atoms with Gasteiger partial charge in [0.2, 0.25) is 5.91 Å². The molecule has 1 fully saturated rings. The number of carbonyl (C=O) groups is 2. The van der Waals surface area contributed by atoms with Gasteiger partial charge in [-0.2, -0.15) is 0 Å². The SMILES string of the molecule is Cc1cc(C(=O)NC2CC(=O)N(c3ccccc3)C2)c(C)n1Cc1ccco1. The molecular weight excluding hydrogens is 354 g/mol. The summed E-state index contributed by atoms with van der Waals surface area (Å²) >= 11 is 0. The number of furan rings is 1. The lowest BCUT2D eigenvalue weighted by atomic mass is 10.2. The average molecular weight is 377 g/mol. The Morgan fingerprint density at radius 2 is 1.96 bits per heavy atom. The molecule has 0 radical (unpaired) electrons. The van der Waals surface area contributed by atoms with Gasteiger partial charge in [0.1, 0.15) is 5.76 Å². The van der Waals surface area contributed by atoms with Crippen molar-refractivity contribution in [2.45, 2.75) is 32.9 Å². The summed E-state index contributed by atoms with van der Waals surface area (Å²) in [6, 6.07) is 15.0. The number of rotatable bonds is 5. The van der Waals surface area contributed by atoms with Crippen LogP contribution >= 0.6 is 0 Å². The van der Waals surface area contributed by atoms with Crippen LogP contribution in [0.3, 0.4) is 0 Å². The standard InChI is InChI=1S/C22H23N3O3/c1-15-11-20(16(2)24(15)14-19-9-6-10-28-19)22(27)23-17-12-21(26)25(13-17)18-7-4-3-5-8-18/h3-11,17H,12-14H2,1-2H3,(H,23,27). The third kappa shape index (κ3) is 3.45. The van der Waals surface area contributed by atoms with Crippen LogP contribution in [0.5, 0.6) is 0 Å². The maximum Gasteiger partial charge on any atom is 0.253 e. The van der Waals surface area contributed by atoms with Crippen LogP contribution in [-0.4, -0.2) is 29.0 Å². The predicted molar refractivity (Wildman–Crippen MR) is 106 cm³/mol. The zero-order valence-corrected chi connectivity index (χ0v) is 16.0. The number of benzene rings is 1. The molecule has 3 aromatic rings. The molecule has 1 aliphatic heterocycles. The quantitative estimate of drug-likeness (QED) is 0.742. The van der Waals surface area contributed by atoms with E-state index >= 15 is 0 Å². The first-order chi connectivity index (χ1) is 13.5. The Balaban J connectivity index is 1.46. The van der Waals surface area contributed by atoms with E-state index in [0.717, 1.165) is 22.8 Å². The fourth-order valence-electron chi connectivity index (χ4n) is 3.76. The van der Waals surface area contributed by atoms with Crippen molar-refractivity contribution in [2.24, 2.45) is 0 Å². The van der Waals surface area contributed by atoms with Crippen LogP contribution in [0.2, 0.25) is 0 Å². The Kier molecular flexibility index (Phi) is 4.77. The van der Waals surface area contributed by atoms with Crippen molar-refractivity contribution < 1.29 is 14.0 Å². The van der Waals surface area contributed by atoms with Crippen molar-refractivity contribution in [3.05, 3.63) is 77.5 Å². The van der Waals surface area contributed by atoms with E-state index in [4.69, 9.17) is 4.42 Å². The number of anilines is 1. The molecule has 4 rings (SSSR count). The van der Waals surface area contributed by atoms with Gasteiger partial charge < -0.3 is 19.2 Å². The van der Waals surface area contributed by atoms with Crippen LogP contribution in [0.25, 0.3) is 0 Å². The van der Waals surface area contributed by atoms with Gasteiger partial charge in [0.05, 0.1) is 24.4 Å². The summed E-state index contributed by atoms with van der Waals surface area (Å²) in [6.45, 7) is 4.98. The van der Waals surface area contributed by atoms with Gasteiger partial charge in [0.15, 0.2) is 0 Å². The molecule has 1 aliphatic rings. The molecule has 6 nitrogen and oxygen atoms in total. The first-order valence-corrected chi connectivity index (χ1v) is 9.38. The topological polar surface area (TPSA) is 67.5 Å². The Morgan fingerprint density at radius 1 is 1.18 bits per heavy atom. The van der Waals surface area contributed by atoms with Crippen LogP contribution in [-0.2, 0) is 11.3 Å². The molecule has 0 spiro atoms. The second-order valence-corrected chi connectivity index (χ2v) is 7.16. The fraction of sp³-hybridized carbons (Fsp3) is 0.273. The molecule has 28 heavy (non-hydrogen) atoms. The summed E-state index contributed by atoms with van der Waals surface area (Å²) in [5, 5.41) is 3.03. The number of para-hydroxylation sites is 1. The zero-order valence-electron chi connectivity index (χ0n) is 16.0. The summed E-state index contributed by atoms with van der Waals surface area (Å²) in [5.41, 5.74) is 3.37. The zero-order chi connectivity index (χ0) is 19.7. The number of carbonyl (C=O) groups excluding carboxylic acids is 2. The minimum atomic E-state index is -0.201. The third-order valence-corrected chi connectivity index (χ3v) is 5.24. The molecule has 1 saturated heterocycles. The van der Waals surface area contributed by atoms with Crippen molar-refractivity contribution in [2.75, 3.05) is 11.4 Å². The van der Waals surface area contributed by atoms with Crippen LogP contribution in [0.15, 0.2) is 59.2 Å². The maximum atomic E-state index is 12.9. The highest BCUT2D eigenvalue weighted by Gasteiger charge is 2.32. The van der Waals surface area contributed by atoms with E-state index in [1.165, 1.54) is 0 Å². The summed E-state index contributed by atoms with van der Waals surface area (Å²) in [5.74, 6) is 0.722. The van der Waals surface area contributed by atoms with Crippen molar-refractivity contribution in [1.82, 2.24) is 9.88 Å². The first kappa shape index (κ1) is 18.1. The number of nitrogens with one attached hydrogen (secondary N) is 1. The highest BCUT2D eigenvalue weighted by molar-refractivity contribution is 5.99. The first-order valence-electron chi connectivity index (χ1n) is 9.38. The van der Waals surface area contributed by atoms with Crippen molar-refractivity contribution in [3.63, 3.8) is 0 Å². The van der Waals surface area contributed by atoms with Crippen molar-refractivity contribution >= 4 is 17.5 Å². The van der Waals surface area contributed by atoms with E-state index in [0.29, 0.717) is 25.1 Å². The molecule has 0 saturated carbocycles. The molecule has 1 unspecified atom stereocenters. The fourth-order valence-corrected chi connectivity index (χ4v) is 3.76. The molecule has 0 bridgehead atoms. The number of hydrogen-bond acceptors (Lipinski definition) is 3. The number of aromatic nitrogens is 1. The number of hydrogen-bond donors (Lipinski definition) is 1. The van der Waals surface area contributed by atoms with E-state index < -0.39 is 0 Å². The number of nitrogens with zero attached hydrogens (tertiary/aromatic N) is 2. The molecule has 1 N–H and O–H groups in total. The van der Waals surface area contributed by atoms with E-state index in [2.05, 4.69) is 9.88 Å². The van der Waals surface area contributed by atoms with Gasteiger partial charge in [-0.05, 0) is 44.2 Å². The summed E-state index contributed by atoms with van der Waals surface area (Å²) < 4.78 is 7.49. The lowest BCUT2D eigenvalue weighted by molar-refractivity contribution is -0.117. The van der Waals surface area contributed by atoms with E-state index in [1.54, 1.807) is 11.2 Å². The Labute approximate surface area is 163 Å². The average Bonchev–Trinajstić information content (AvgIpc) is 3.39. The Morgan fingerprint density at radius 3 is 2.68 bits per heavy atom. The van der Waals surface area contributed by atoms with E-state index in [-0.39, 0.29) is 17.9 Å². The highest BCUT2D eigenvalue weighted by atomic mass is 16.3. The van der Waals surface area contributed by atoms with Gasteiger partial charge in [-0.1, -0.05) is 18.2 Å². The molecule has 1 atom stereocenters. The Hall–Kier alpha value is -3.28. The van der Waals surface area contributed by atoms with Gasteiger partial charge in [-0.25, -0.2) is 0 Å². The molecular formula is C22H23N3O3. The van der Waals surface area contributed by atoms with Crippen LogP contribution in [0.4, 0.5) is 5.69 Å². The number of amides is 2. The summed E-state index contributed by atoms with van der Waals surface area (Å²) in [6.07, 6.45) is 1.96. The summed E-state index contributed by atoms with van der Waals surface area (Å²) in [7, 11) is 0. The van der Waals surface area contributed by atoms with E-state index in [9.17, 15) is 9.59 Å². The predicted octanol–water partition coefficient (Wildman–Crippen LogP) is 3.28. The summed E-state index contributed by atoms with van der Waals surface area (Å²) in [4.78, 5) is 27.0. The van der Waals surface area contributed by atoms with Crippen LogP contribution in [0, 0.1) is 13.8 Å². The molecule has 2 amide bonds. The highest BCUT2D eigenvalue weighted by Crippen LogP contribution is 2.22. The monoisotopic (exact) mass is 377 g/mol. The normalized spacial score (nSPS) is 16.6. The van der Waals surface area contributed by atoms with Crippen LogP contribution < -0.4 is 10.2 Å². The van der Waals surface area contributed by atoms with Gasteiger partial charge in [-0.15, -0.1) is 0 Å². The van der Waals surface area contributed by atoms with Crippen molar-refractivity contribution in [3.8, 4) is 0 Å². The maximum absolute atomic E-state index is 12.9. The minimum Gasteiger partial charge on any atom is -0.467 e. The number of aryl methyl sites for hydroxylation is 1. The molecule has 2 aromatic heterocycles. The van der Waals surface area contributed by atoms with E-state index in [1.807, 2.05) is 62.4 Å². The van der Waals surface area contributed by atoms with Gasteiger partial charge in [-0.3, -0.25) is 9.59 Å². The van der Waals surface area contributed by atoms with Crippen molar-refractivity contribution in [1.29, 1.82) is 0 Å². The van der Waals surface area contributed by atoms with Gasteiger partial charge in [0.25, 0.3) is 5.91 Å². The Bertz CT molecular complexity index is 990. The second kappa shape index (κ2) is 7.38. The molecule has 1 aromatic carbocycles. The molecule has 0 aliphatic carbocycles. The smallest absolute Gasteiger partial charge is 0.253 e. The molecule has 3 heterocycles. The van der Waals surface area contributed by atoms with Crippen LogP contribution in [0.1, 0.15) is 33.9 Å². The lowest BCUT2D eigenvalue weighted by Gasteiger charge is -2.17. The van der Waals surface area contributed by atoms with Gasteiger partial charge in [0, 0.05) is 30.0 Å². The lowest BCUT2D eigenvalue weighted by Crippen LogP contribution is -2.37. The molecule has 6 heteroatoms. The third-order valence-electron chi connectivity index (χ3n) is 5.24.